The van der Waals surface area contributed by atoms with Gasteiger partial charge in [0.25, 0.3) is 0 Å². The molecule has 2 amide bonds. The van der Waals surface area contributed by atoms with Gasteiger partial charge in [-0.05, 0) is 37.0 Å². The molecule has 1 aliphatic heterocycles. The van der Waals surface area contributed by atoms with Crippen molar-refractivity contribution in [2.75, 3.05) is 24.6 Å². The van der Waals surface area contributed by atoms with Gasteiger partial charge in [-0.2, -0.15) is 0 Å². The monoisotopic (exact) mass is 382 g/mol. The molecule has 0 atom stereocenters. The van der Waals surface area contributed by atoms with E-state index in [0.29, 0.717) is 37.1 Å². The second kappa shape index (κ2) is 9.56. The molecule has 142 valence electrons. The molecule has 1 aromatic rings. The minimum atomic E-state index is -0.938. The van der Waals surface area contributed by atoms with Gasteiger partial charge in [0.05, 0.1) is 11.5 Å². The van der Waals surface area contributed by atoms with Gasteiger partial charge >= 0.3 is 5.97 Å². The topological polar surface area (TPSA) is 86.7 Å². The number of aryl methyl sites for hydroxylation is 1. The third-order valence-electron chi connectivity index (χ3n) is 4.37. The standard InChI is InChI=1S/C18H23FN2O4S/c1-12-2-3-13(8-15(12)19)9-20-18(25)14-4-6-21(7-5-14)16(22)10-26-11-17(23)24/h2-3,8,14H,4-7,9-11H2,1H3,(H,20,25)(H,23,24). The van der Waals surface area contributed by atoms with Gasteiger partial charge in [-0.3, -0.25) is 14.4 Å². The Balaban J connectivity index is 1.72. The second-order valence-electron chi connectivity index (χ2n) is 6.34. The molecule has 2 N–H and O–H groups in total. The van der Waals surface area contributed by atoms with E-state index in [4.69, 9.17) is 5.11 Å². The number of nitrogens with zero attached hydrogens (tertiary/aromatic N) is 1. The molecule has 0 aliphatic carbocycles. The van der Waals surface area contributed by atoms with E-state index in [1.807, 2.05) is 0 Å². The summed E-state index contributed by atoms with van der Waals surface area (Å²) < 4.78 is 13.5. The predicted molar refractivity (Wildman–Crippen MR) is 97.2 cm³/mol. The normalized spacial score (nSPS) is 14.9. The average Bonchev–Trinajstić information content (AvgIpc) is 2.62. The number of carbonyl (C=O) groups excluding carboxylic acids is 2. The number of halogens is 1. The van der Waals surface area contributed by atoms with Crippen molar-refractivity contribution in [2.24, 2.45) is 5.92 Å². The predicted octanol–water partition coefficient (Wildman–Crippen LogP) is 1.81. The fraction of sp³-hybridized carbons (Fsp3) is 0.500. The number of carboxylic acids is 1. The van der Waals surface area contributed by atoms with Gasteiger partial charge in [0.1, 0.15) is 5.82 Å². The number of thioether (sulfide) groups is 1. The van der Waals surface area contributed by atoms with Crippen LogP contribution in [-0.4, -0.2) is 52.4 Å². The van der Waals surface area contributed by atoms with Crippen LogP contribution in [0.4, 0.5) is 4.39 Å². The van der Waals surface area contributed by atoms with E-state index in [0.717, 1.165) is 11.8 Å². The molecule has 1 aromatic carbocycles. The summed E-state index contributed by atoms with van der Waals surface area (Å²) in [6, 6.07) is 4.89. The number of piperidine rings is 1. The maximum Gasteiger partial charge on any atom is 0.313 e. The molecule has 0 spiro atoms. The van der Waals surface area contributed by atoms with Gasteiger partial charge in [0.2, 0.25) is 11.8 Å². The zero-order valence-electron chi connectivity index (χ0n) is 14.7. The molecule has 1 saturated heterocycles. The van der Waals surface area contributed by atoms with E-state index in [1.54, 1.807) is 24.0 Å². The minimum absolute atomic E-state index is 0.0849. The number of rotatable bonds is 7. The number of hydrogen-bond acceptors (Lipinski definition) is 4. The van der Waals surface area contributed by atoms with Crippen molar-refractivity contribution in [3.8, 4) is 0 Å². The third-order valence-corrected chi connectivity index (χ3v) is 5.27. The maximum absolute atomic E-state index is 13.5. The van der Waals surface area contributed by atoms with Gasteiger partial charge in [-0.15, -0.1) is 11.8 Å². The van der Waals surface area contributed by atoms with Gasteiger partial charge in [0.15, 0.2) is 0 Å². The number of nitrogens with one attached hydrogen (secondary N) is 1. The van der Waals surface area contributed by atoms with Crippen molar-refractivity contribution < 1.29 is 23.9 Å². The van der Waals surface area contributed by atoms with E-state index in [9.17, 15) is 18.8 Å². The highest BCUT2D eigenvalue weighted by Crippen LogP contribution is 2.19. The fourth-order valence-electron chi connectivity index (χ4n) is 2.79. The van der Waals surface area contributed by atoms with E-state index in [1.165, 1.54) is 6.07 Å². The van der Waals surface area contributed by atoms with Gasteiger partial charge in [-0.25, -0.2) is 4.39 Å². The lowest BCUT2D eigenvalue weighted by Gasteiger charge is -2.31. The molecule has 1 aliphatic rings. The van der Waals surface area contributed by atoms with Crippen LogP contribution in [0.5, 0.6) is 0 Å². The third kappa shape index (κ3) is 6.01. The largest absolute Gasteiger partial charge is 0.481 e. The Kier molecular flexibility index (Phi) is 7.44. The first-order chi connectivity index (χ1) is 12.4. The molecule has 6 nitrogen and oxygen atoms in total. The Morgan fingerprint density at radius 3 is 2.58 bits per heavy atom. The first kappa shape index (κ1) is 20.2. The van der Waals surface area contributed by atoms with E-state index in [2.05, 4.69) is 5.32 Å². The van der Waals surface area contributed by atoms with Crippen molar-refractivity contribution in [3.05, 3.63) is 35.1 Å². The number of carboxylic acid groups (broad SMARTS) is 1. The number of hydrogen-bond donors (Lipinski definition) is 2. The van der Waals surface area contributed by atoms with Crippen LogP contribution in [0.15, 0.2) is 18.2 Å². The molecule has 1 fully saturated rings. The number of carbonyl (C=O) groups is 3. The molecule has 0 bridgehead atoms. The van der Waals surface area contributed by atoms with Crippen LogP contribution in [0.3, 0.4) is 0 Å². The van der Waals surface area contributed by atoms with E-state index in [-0.39, 0.29) is 41.6 Å². The van der Waals surface area contributed by atoms with E-state index < -0.39 is 5.97 Å². The number of likely N-dealkylation sites (tertiary alicyclic amines) is 1. The lowest BCUT2D eigenvalue weighted by Crippen LogP contribution is -2.43. The highest BCUT2D eigenvalue weighted by Gasteiger charge is 2.27. The van der Waals surface area contributed by atoms with Crippen LogP contribution in [0.1, 0.15) is 24.0 Å². The summed E-state index contributed by atoms with van der Waals surface area (Å²) in [6.45, 7) is 2.95. The molecule has 26 heavy (non-hydrogen) atoms. The Morgan fingerprint density at radius 2 is 1.96 bits per heavy atom. The molecule has 1 heterocycles. The lowest BCUT2D eigenvalue weighted by atomic mass is 9.96. The highest BCUT2D eigenvalue weighted by molar-refractivity contribution is 8.00. The van der Waals surface area contributed by atoms with Crippen LogP contribution in [-0.2, 0) is 20.9 Å². The summed E-state index contributed by atoms with van der Waals surface area (Å²) in [6.07, 6.45) is 1.15. The molecular formula is C18H23FN2O4S. The summed E-state index contributed by atoms with van der Waals surface area (Å²) in [5.41, 5.74) is 1.28. The Labute approximate surface area is 156 Å². The van der Waals surface area contributed by atoms with Crippen molar-refractivity contribution >= 4 is 29.5 Å². The molecule has 0 aromatic heterocycles. The van der Waals surface area contributed by atoms with Crippen molar-refractivity contribution in [1.82, 2.24) is 10.2 Å². The van der Waals surface area contributed by atoms with Crippen LogP contribution in [0.25, 0.3) is 0 Å². The molecule has 2 rings (SSSR count). The molecule has 0 radical (unpaired) electrons. The molecule has 0 saturated carbocycles. The quantitative estimate of drug-likeness (QED) is 0.751. The summed E-state index contributed by atoms with van der Waals surface area (Å²) in [4.78, 5) is 36.4. The minimum Gasteiger partial charge on any atom is -0.481 e. The SMILES string of the molecule is Cc1ccc(CNC(=O)C2CCN(C(=O)CSCC(=O)O)CC2)cc1F. The van der Waals surface area contributed by atoms with Gasteiger partial charge in [-0.1, -0.05) is 12.1 Å². The van der Waals surface area contributed by atoms with E-state index >= 15 is 0 Å². The van der Waals surface area contributed by atoms with Gasteiger partial charge < -0.3 is 15.3 Å². The smallest absolute Gasteiger partial charge is 0.313 e. The van der Waals surface area contributed by atoms with Crippen LogP contribution >= 0.6 is 11.8 Å². The number of benzene rings is 1. The lowest BCUT2D eigenvalue weighted by molar-refractivity contribution is -0.134. The Hall–Kier alpha value is -2.09. The van der Waals surface area contributed by atoms with Crippen LogP contribution in [0, 0.1) is 18.7 Å². The summed E-state index contributed by atoms with van der Waals surface area (Å²) in [5, 5.41) is 11.4. The van der Waals surface area contributed by atoms with Crippen LogP contribution in [0.2, 0.25) is 0 Å². The maximum atomic E-state index is 13.5. The zero-order valence-corrected chi connectivity index (χ0v) is 15.5. The van der Waals surface area contributed by atoms with Crippen molar-refractivity contribution in [3.63, 3.8) is 0 Å². The Morgan fingerprint density at radius 1 is 1.27 bits per heavy atom. The Bertz CT molecular complexity index is 675. The zero-order chi connectivity index (χ0) is 19.1. The van der Waals surface area contributed by atoms with Gasteiger partial charge in [0, 0.05) is 25.6 Å². The highest BCUT2D eigenvalue weighted by atomic mass is 32.2. The second-order valence-corrected chi connectivity index (χ2v) is 7.33. The summed E-state index contributed by atoms with van der Waals surface area (Å²) in [7, 11) is 0. The summed E-state index contributed by atoms with van der Waals surface area (Å²) in [5.74, 6) is -1.52. The average molecular weight is 382 g/mol. The first-order valence-corrected chi connectivity index (χ1v) is 9.62. The van der Waals surface area contributed by atoms with Crippen LogP contribution < -0.4 is 5.32 Å². The van der Waals surface area contributed by atoms with Crippen molar-refractivity contribution in [1.29, 1.82) is 0 Å². The molecular weight excluding hydrogens is 359 g/mol. The summed E-state index contributed by atoms with van der Waals surface area (Å²) >= 11 is 1.08. The number of amides is 2. The molecule has 0 unspecified atom stereocenters. The fourth-order valence-corrected chi connectivity index (χ4v) is 3.42. The number of aliphatic carboxylic acids is 1. The molecule has 8 heteroatoms. The van der Waals surface area contributed by atoms with Crippen molar-refractivity contribution in [2.45, 2.75) is 26.3 Å². The first-order valence-electron chi connectivity index (χ1n) is 8.47.